The molecule has 0 N–H and O–H groups in total. The van der Waals surface area contributed by atoms with Crippen molar-refractivity contribution in [1.82, 2.24) is 0 Å². The molecule has 14 nitrogen and oxygen atoms in total. The Kier molecular flexibility index (Phi) is 14.9. The molecule has 4 rings (SSSR count). The predicted octanol–water partition coefficient (Wildman–Crippen LogP) is 8.78. The van der Waals surface area contributed by atoms with Gasteiger partial charge in [-0.3, -0.25) is 20.2 Å². The number of nitrogens with zero attached hydrogens (tertiary/aromatic N) is 2. The van der Waals surface area contributed by atoms with Crippen LogP contribution in [0.4, 0.5) is 11.4 Å². The Morgan fingerprint density at radius 1 is 0.596 bits per heavy atom. The number of hydrogen-bond acceptors (Lipinski definition) is 14. The molecule has 0 unspecified atom stereocenters. The van der Waals surface area contributed by atoms with Crippen molar-refractivity contribution in [2.45, 2.75) is 33.4 Å². The molecular weight excluding hydrogens is 852 g/mol. The molecule has 0 spiro atoms. The Morgan fingerprint density at radius 2 is 1.00 bits per heavy atom. The second kappa shape index (κ2) is 18.6. The number of carbonyl (C=O) groups is 4. The maximum atomic E-state index is 11.9. The van der Waals surface area contributed by atoms with Crippen molar-refractivity contribution in [3.63, 3.8) is 0 Å². The van der Waals surface area contributed by atoms with E-state index in [0.717, 1.165) is 23.5 Å². The molecule has 4 aromatic rings. The van der Waals surface area contributed by atoms with Gasteiger partial charge in [0.1, 0.15) is 9.79 Å². The van der Waals surface area contributed by atoms with E-state index in [-0.39, 0.29) is 49.0 Å². The van der Waals surface area contributed by atoms with Gasteiger partial charge in [-0.25, -0.2) is 19.2 Å². The van der Waals surface area contributed by atoms with Gasteiger partial charge in [0.2, 0.25) is 0 Å². The molecule has 0 saturated carbocycles. The van der Waals surface area contributed by atoms with Crippen LogP contribution in [0, 0.1) is 34.1 Å². The number of hydrogen-bond donors (Lipinski definition) is 0. The molecule has 272 valence electrons. The van der Waals surface area contributed by atoms with Gasteiger partial charge in [0.15, 0.2) is 0 Å². The third-order valence-corrected chi connectivity index (χ3v) is 11.6. The lowest BCUT2D eigenvalue weighted by molar-refractivity contribution is -0.388. The van der Waals surface area contributed by atoms with E-state index in [1.54, 1.807) is 55.5 Å². The van der Waals surface area contributed by atoms with Crippen molar-refractivity contribution in [2.24, 2.45) is 0 Å². The molecule has 0 saturated heterocycles. The summed E-state index contributed by atoms with van der Waals surface area (Å²) in [4.78, 5) is 71.2. The average molecular weight is 881 g/mol. The Balaban J connectivity index is 0.000000280. The number of nitro groups is 2. The molecule has 4 aromatic carbocycles. The first kappa shape index (κ1) is 41.6. The maximum Gasteiger partial charge on any atom is 0.339 e. The predicted molar refractivity (Wildman–Crippen MR) is 198 cm³/mol. The van der Waals surface area contributed by atoms with Crippen molar-refractivity contribution >= 4 is 90.6 Å². The van der Waals surface area contributed by atoms with E-state index < -0.39 is 33.7 Å². The van der Waals surface area contributed by atoms with E-state index in [2.05, 4.69) is 41.3 Å². The van der Waals surface area contributed by atoms with Crippen molar-refractivity contribution in [1.29, 1.82) is 0 Å². The van der Waals surface area contributed by atoms with Crippen molar-refractivity contribution in [3.05, 3.63) is 123 Å². The number of esters is 4. The van der Waals surface area contributed by atoms with Crippen LogP contribution in [0.3, 0.4) is 0 Å². The Labute approximate surface area is 322 Å². The largest absolute Gasteiger partial charge is 0.465 e. The van der Waals surface area contributed by atoms with E-state index in [0.29, 0.717) is 24.3 Å². The topological polar surface area (TPSA) is 191 Å². The number of methoxy groups -OCH3 is 4. The molecule has 0 aliphatic heterocycles. The summed E-state index contributed by atoms with van der Waals surface area (Å²) in [5.74, 6) is -2.43. The first-order valence-electron chi connectivity index (χ1n) is 14.4. The summed E-state index contributed by atoms with van der Waals surface area (Å²) in [6, 6.07) is 15.9. The summed E-state index contributed by atoms with van der Waals surface area (Å²) in [6.07, 6.45) is 0. The molecule has 0 aliphatic rings. The van der Waals surface area contributed by atoms with Gasteiger partial charge in [0, 0.05) is 30.4 Å². The van der Waals surface area contributed by atoms with Gasteiger partial charge < -0.3 is 18.9 Å². The zero-order chi connectivity index (χ0) is 38.9. The molecule has 0 fully saturated rings. The molecular formula is C34H28Br2N2O12S2. The van der Waals surface area contributed by atoms with Crippen molar-refractivity contribution in [2.75, 3.05) is 28.4 Å². The Morgan fingerprint density at radius 3 is 1.42 bits per heavy atom. The third-order valence-electron chi connectivity index (χ3n) is 7.11. The number of halogens is 2. The minimum atomic E-state index is -0.669. The van der Waals surface area contributed by atoms with Gasteiger partial charge in [-0.15, -0.1) is 0 Å². The van der Waals surface area contributed by atoms with Crippen molar-refractivity contribution in [3.8, 4) is 0 Å². The highest BCUT2D eigenvalue weighted by atomic mass is 79.9. The highest BCUT2D eigenvalue weighted by Gasteiger charge is 2.29. The van der Waals surface area contributed by atoms with Gasteiger partial charge in [0.05, 0.1) is 60.5 Å². The average Bonchev–Trinajstić information content (AvgIpc) is 3.14. The second-order valence-electron chi connectivity index (χ2n) is 10.1. The van der Waals surface area contributed by atoms with E-state index >= 15 is 0 Å². The molecule has 0 amide bonds. The molecule has 52 heavy (non-hydrogen) atoms. The fourth-order valence-corrected chi connectivity index (χ4v) is 8.04. The first-order chi connectivity index (χ1) is 24.6. The van der Waals surface area contributed by atoms with E-state index in [9.17, 15) is 39.4 Å². The Hall–Kier alpha value is -4.78. The summed E-state index contributed by atoms with van der Waals surface area (Å²) in [5, 5.41) is 23.2. The number of nitro benzene ring substituents is 2. The van der Waals surface area contributed by atoms with Crippen molar-refractivity contribution < 1.29 is 48.0 Å². The highest BCUT2D eigenvalue weighted by Crippen LogP contribution is 2.45. The van der Waals surface area contributed by atoms with Crippen LogP contribution in [-0.2, 0) is 18.9 Å². The second-order valence-corrected chi connectivity index (χ2v) is 13.8. The lowest BCUT2D eigenvalue weighted by atomic mass is 10.1. The van der Waals surface area contributed by atoms with Crippen LogP contribution in [0.2, 0.25) is 0 Å². The summed E-state index contributed by atoms with van der Waals surface area (Å²) < 4.78 is 19.6. The normalized spacial score (nSPS) is 10.3. The third kappa shape index (κ3) is 9.36. The molecule has 0 aliphatic carbocycles. The minimum Gasteiger partial charge on any atom is -0.465 e. The van der Waals surface area contributed by atoms with Crippen LogP contribution in [-0.4, -0.2) is 62.2 Å². The Bertz CT molecular complexity index is 2020. The van der Waals surface area contributed by atoms with Gasteiger partial charge >= 0.3 is 23.9 Å². The SMILES string of the molecule is COC(=O)c1ccccc1Sc1c(Br)cc(C(=O)OC)c(C)c1[N+](=O)[O-].COC(=O)c1ccccc1Sc1c([N+](=O)[O-])cc(C(=O)OC)c(C)c1Br. The first-order valence-corrected chi connectivity index (χ1v) is 17.7. The van der Waals surface area contributed by atoms with Crippen LogP contribution >= 0.6 is 55.4 Å². The minimum absolute atomic E-state index is 0.0941. The molecule has 0 radical (unpaired) electrons. The van der Waals surface area contributed by atoms with Gasteiger partial charge in [-0.2, -0.15) is 0 Å². The standard InChI is InChI=1S/2C17H14BrNO6S/c1-9-11(17(21)25-3)8-12(19(22)23)15(14(9)18)26-13-7-5-4-6-10(13)16(20)24-2;1-9-11(17(21)25-3)8-12(18)15(14(9)19(22)23)26-13-7-5-4-6-10(13)16(20)24-2/h2*4-8H,1-3H3. The van der Waals surface area contributed by atoms with Gasteiger partial charge in [-0.1, -0.05) is 47.8 Å². The molecule has 0 heterocycles. The summed E-state index contributed by atoms with van der Waals surface area (Å²) in [6.45, 7) is 3.13. The lowest BCUT2D eigenvalue weighted by Crippen LogP contribution is -2.08. The van der Waals surface area contributed by atoms with Gasteiger partial charge in [0.25, 0.3) is 11.4 Å². The maximum absolute atomic E-state index is 11.9. The number of rotatable bonds is 10. The van der Waals surface area contributed by atoms with Crippen LogP contribution in [0.5, 0.6) is 0 Å². The molecule has 0 bridgehead atoms. The smallest absolute Gasteiger partial charge is 0.339 e. The highest BCUT2D eigenvalue weighted by molar-refractivity contribution is 9.10. The lowest BCUT2D eigenvalue weighted by Gasteiger charge is -2.13. The van der Waals surface area contributed by atoms with E-state index in [4.69, 9.17) is 9.47 Å². The fourth-order valence-electron chi connectivity index (χ4n) is 4.50. The number of benzene rings is 4. The van der Waals surface area contributed by atoms with Crippen LogP contribution in [0.25, 0.3) is 0 Å². The van der Waals surface area contributed by atoms with E-state index in [1.807, 2.05) is 0 Å². The number of carbonyl (C=O) groups excluding carboxylic acids is 4. The summed E-state index contributed by atoms with van der Waals surface area (Å²) in [7, 11) is 4.93. The fraction of sp³-hybridized carbons (Fsp3) is 0.176. The van der Waals surface area contributed by atoms with E-state index in [1.165, 1.54) is 47.5 Å². The zero-order valence-corrected chi connectivity index (χ0v) is 32.9. The van der Waals surface area contributed by atoms with Crippen LogP contribution in [0.1, 0.15) is 52.6 Å². The molecule has 0 aromatic heterocycles. The van der Waals surface area contributed by atoms with Crippen LogP contribution in [0.15, 0.2) is 89.2 Å². The molecule has 18 heteroatoms. The monoisotopic (exact) mass is 878 g/mol. The van der Waals surface area contributed by atoms with Crippen LogP contribution < -0.4 is 0 Å². The van der Waals surface area contributed by atoms with Gasteiger partial charge in [-0.05, 0) is 81.6 Å². The summed E-state index contributed by atoms with van der Waals surface area (Å²) >= 11 is 8.70. The zero-order valence-electron chi connectivity index (χ0n) is 28.1. The summed E-state index contributed by atoms with van der Waals surface area (Å²) in [5.41, 5.74) is 0.945. The molecule has 0 atom stereocenters. The quantitative estimate of drug-likeness (QED) is 0.0635. The number of ether oxygens (including phenoxy) is 4.